The maximum atomic E-state index is 5.10. The van der Waals surface area contributed by atoms with Crippen molar-refractivity contribution in [3.8, 4) is 44.9 Å². The molecule has 0 atom stereocenters. The van der Waals surface area contributed by atoms with E-state index in [2.05, 4.69) is 124 Å². The predicted octanol–water partition coefficient (Wildman–Crippen LogP) is 10.7. The summed E-state index contributed by atoms with van der Waals surface area (Å²) in [5.74, 6) is 0.713. The molecule has 0 bridgehead atoms. The van der Waals surface area contributed by atoms with E-state index in [0.717, 1.165) is 77.5 Å². The summed E-state index contributed by atoms with van der Waals surface area (Å²) in [5, 5.41) is 3.24. The van der Waals surface area contributed by atoms with Crippen LogP contribution in [0.3, 0.4) is 0 Å². The summed E-state index contributed by atoms with van der Waals surface area (Å²) in [7, 11) is 0. The summed E-state index contributed by atoms with van der Waals surface area (Å²) >= 11 is 0. The van der Waals surface area contributed by atoms with Crippen LogP contribution in [0.25, 0.3) is 77.6 Å². The summed E-state index contributed by atoms with van der Waals surface area (Å²) in [4.78, 5) is 20.0. The molecule has 0 aliphatic rings. The summed E-state index contributed by atoms with van der Waals surface area (Å²) in [6.07, 6.45) is 1.90. The van der Waals surface area contributed by atoms with Gasteiger partial charge in [-0.15, -0.1) is 0 Å². The molecular weight excluding hydrogens is 560 g/mol. The Bertz CT molecular complexity index is 2410. The zero-order valence-corrected chi connectivity index (χ0v) is 26.1. The van der Waals surface area contributed by atoms with Crippen LogP contribution in [0.5, 0.6) is 0 Å². The fourth-order valence-corrected chi connectivity index (χ4v) is 6.19. The first-order valence-electron chi connectivity index (χ1n) is 15.6. The summed E-state index contributed by atoms with van der Waals surface area (Å²) in [6, 6.07) is 46.5. The first-order valence-corrected chi connectivity index (χ1v) is 15.6. The quantitative estimate of drug-likeness (QED) is 0.191. The van der Waals surface area contributed by atoms with Gasteiger partial charge in [-0.1, -0.05) is 124 Å². The smallest absolute Gasteiger partial charge is 0.160 e. The second-order valence-electron chi connectivity index (χ2n) is 12.8. The molecule has 0 amide bonds. The number of hydrogen-bond donors (Lipinski definition) is 0. The van der Waals surface area contributed by atoms with Gasteiger partial charge in [0.25, 0.3) is 0 Å². The Morgan fingerprint density at radius 3 is 1.96 bits per heavy atom. The summed E-state index contributed by atoms with van der Waals surface area (Å²) in [5.41, 5.74) is 11.3. The lowest BCUT2D eigenvalue weighted by atomic mass is 9.91. The number of benzene rings is 5. The van der Waals surface area contributed by atoms with Gasteiger partial charge in [-0.2, -0.15) is 0 Å². The second kappa shape index (κ2) is 11.0. The zero-order valence-electron chi connectivity index (χ0n) is 26.1. The highest BCUT2D eigenvalue weighted by Gasteiger charge is 2.18. The molecular formula is C42H32N4. The van der Waals surface area contributed by atoms with Crippen LogP contribution in [0.1, 0.15) is 26.5 Å². The standard InChI is InChI=1S/C42H32N4/c1-42(2,3)37-22-20-28-19-21-34-33(23-24-43-40(34)39(28)45-37)31-15-9-13-29(25-31)30-14-10-16-32(26-30)41-44-36-18-8-7-17-35(36)38(46-41)27-11-5-4-6-12-27/h4-26H,1-3H3. The number of para-hydroxylation sites is 1. The van der Waals surface area contributed by atoms with E-state index in [4.69, 9.17) is 19.9 Å². The fourth-order valence-electron chi connectivity index (χ4n) is 6.19. The molecule has 0 N–H and O–H groups in total. The lowest BCUT2D eigenvalue weighted by Crippen LogP contribution is -2.13. The maximum Gasteiger partial charge on any atom is 0.160 e. The molecule has 3 aromatic heterocycles. The van der Waals surface area contributed by atoms with E-state index >= 15 is 0 Å². The molecule has 0 spiro atoms. The maximum absolute atomic E-state index is 5.10. The van der Waals surface area contributed by atoms with Gasteiger partial charge in [0.1, 0.15) is 0 Å². The van der Waals surface area contributed by atoms with Gasteiger partial charge in [0, 0.05) is 44.6 Å². The highest BCUT2D eigenvalue weighted by molar-refractivity contribution is 6.08. The van der Waals surface area contributed by atoms with E-state index < -0.39 is 0 Å². The van der Waals surface area contributed by atoms with Gasteiger partial charge >= 0.3 is 0 Å². The SMILES string of the molecule is CC(C)(C)c1ccc2ccc3c(-c4cccc(-c5cccc(-c6nc(-c7ccccc7)c7ccccc7n6)c5)c4)ccnc3c2n1. The van der Waals surface area contributed by atoms with Crippen molar-refractivity contribution in [1.29, 1.82) is 0 Å². The minimum Gasteiger partial charge on any atom is -0.254 e. The Balaban J connectivity index is 1.22. The molecule has 0 aliphatic carbocycles. The van der Waals surface area contributed by atoms with E-state index in [1.54, 1.807) is 0 Å². The van der Waals surface area contributed by atoms with E-state index in [0.29, 0.717) is 5.82 Å². The Hall–Kier alpha value is -5.74. The van der Waals surface area contributed by atoms with Crippen molar-refractivity contribution >= 4 is 32.7 Å². The molecule has 3 heterocycles. The van der Waals surface area contributed by atoms with Gasteiger partial charge in [-0.25, -0.2) is 15.0 Å². The van der Waals surface area contributed by atoms with E-state index in [1.807, 2.05) is 36.5 Å². The molecule has 220 valence electrons. The summed E-state index contributed by atoms with van der Waals surface area (Å²) in [6.45, 7) is 6.58. The van der Waals surface area contributed by atoms with Crippen LogP contribution in [0, 0.1) is 0 Å². The highest BCUT2D eigenvalue weighted by Crippen LogP contribution is 2.35. The average molecular weight is 593 g/mol. The van der Waals surface area contributed by atoms with E-state index in [1.165, 1.54) is 0 Å². The van der Waals surface area contributed by atoms with Gasteiger partial charge in [0.05, 0.1) is 22.2 Å². The molecule has 4 nitrogen and oxygen atoms in total. The molecule has 0 fully saturated rings. The highest BCUT2D eigenvalue weighted by atomic mass is 14.9. The number of hydrogen-bond acceptors (Lipinski definition) is 4. The Kier molecular flexibility index (Phi) is 6.65. The van der Waals surface area contributed by atoms with Crippen molar-refractivity contribution < 1.29 is 0 Å². The van der Waals surface area contributed by atoms with Crippen LogP contribution in [0.4, 0.5) is 0 Å². The van der Waals surface area contributed by atoms with Gasteiger partial charge in [0.15, 0.2) is 5.82 Å². The predicted molar refractivity (Wildman–Crippen MR) is 191 cm³/mol. The zero-order chi connectivity index (χ0) is 31.3. The van der Waals surface area contributed by atoms with Crippen molar-refractivity contribution in [1.82, 2.24) is 19.9 Å². The summed E-state index contributed by atoms with van der Waals surface area (Å²) < 4.78 is 0. The van der Waals surface area contributed by atoms with Crippen LogP contribution in [0.15, 0.2) is 140 Å². The van der Waals surface area contributed by atoms with Gasteiger partial charge < -0.3 is 0 Å². The minimum absolute atomic E-state index is 0.0438. The molecule has 0 saturated carbocycles. The lowest BCUT2D eigenvalue weighted by molar-refractivity contribution is 0.571. The molecule has 0 radical (unpaired) electrons. The number of fused-ring (bicyclic) bond motifs is 4. The topological polar surface area (TPSA) is 51.6 Å². The van der Waals surface area contributed by atoms with Crippen LogP contribution >= 0.6 is 0 Å². The van der Waals surface area contributed by atoms with Crippen molar-refractivity contribution in [2.24, 2.45) is 0 Å². The van der Waals surface area contributed by atoms with Gasteiger partial charge in [-0.05, 0) is 52.6 Å². The number of rotatable bonds is 4. The fraction of sp³-hybridized carbons (Fsp3) is 0.0952. The molecule has 46 heavy (non-hydrogen) atoms. The van der Waals surface area contributed by atoms with Crippen LogP contribution in [-0.4, -0.2) is 19.9 Å². The normalized spacial score (nSPS) is 11.8. The Morgan fingerprint density at radius 2 is 1.15 bits per heavy atom. The molecule has 0 unspecified atom stereocenters. The molecule has 0 aliphatic heterocycles. The number of nitrogens with zero attached hydrogens (tertiary/aromatic N) is 4. The molecule has 8 rings (SSSR count). The van der Waals surface area contributed by atoms with Crippen molar-refractivity contribution in [2.45, 2.75) is 26.2 Å². The third-order valence-electron chi connectivity index (χ3n) is 8.62. The first kappa shape index (κ1) is 27.8. The third-order valence-corrected chi connectivity index (χ3v) is 8.62. The monoisotopic (exact) mass is 592 g/mol. The van der Waals surface area contributed by atoms with Gasteiger partial charge in [0.2, 0.25) is 0 Å². The van der Waals surface area contributed by atoms with Crippen molar-refractivity contribution in [2.75, 3.05) is 0 Å². The van der Waals surface area contributed by atoms with Crippen LogP contribution < -0.4 is 0 Å². The first-order chi connectivity index (χ1) is 22.4. The lowest BCUT2D eigenvalue weighted by Gasteiger charge is -2.18. The van der Waals surface area contributed by atoms with Crippen LogP contribution in [-0.2, 0) is 5.41 Å². The number of aromatic nitrogens is 4. The minimum atomic E-state index is -0.0438. The average Bonchev–Trinajstić information content (AvgIpc) is 3.10. The second-order valence-corrected chi connectivity index (χ2v) is 12.8. The van der Waals surface area contributed by atoms with Crippen LogP contribution in [0.2, 0.25) is 0 Å². The van der Waals surface area contributed by atoms with Crippen molar-refractivity contribution in [3.05, 3.63) is 145 Å². The molecule has 5 aromatic carbocycles. The number of pyridine rings is 2. The van der Waals surface area contributed by atoms with E-state index in [9.17, 15) is 0 Å². The molecule has 4 heteroatoms. The Labute approximate surface area is 268 Å². The van der Waals surface area contributed by atoms with E-state index in [-0.39, 0.29) is 5.41 Å². The van der Waals surface area contributed by atoms with Gasteiger partial charge in [-0.3, -0.25) is 4.98 Å². The largest absolute Gasteiger partial charge is 0.254 e. The Morgan fingerprint density at radius 1 is 0.478 bits per heavy atom. The third kappa shape index (κ3) is 4.98. The molecule has 8 aromatic rings. The van der Waals surface area contributed by atoms with Crippen molar-refractivity contribution in [3.63, 3.8) is 0 Å². The molecule has 0 saturated heterocycles.